The van der Waals surface area contributed by atoms with E-state index in [0.29, 0.717) is 0 Å². The Morgan fingerprint density at radius 3 is 2.61 bits per heavy atom. The first-order chi connectivity index (χ1) is 8.78. The molecule has 0 amide bonds. The van der Waals surface area contributed by atoms with Crippen LogP contribution in [0, 0.1) is 5.92 Å². The first-order valence-corrected chi connectivity index (χ1v) is 7.06. The molecule has 0 aliphatic carbocycles. The largest absolute Gasteiger partial charge is 0.347 e. The third-order valence-electron chi connectivity index (χ3n) is 3.88. The molecule has 0 aliphatic rings. The molecule has 1 heterocycles. The highest BCUT2D eigenvalue weighted by Crippen LogP contribution is 2.21. The van der Waals surface area contributed by atoms with Crippen molar-refractivity contribution in [3.8, 4) is 0 Å². The lowest BCUT2D eigenvalue weighted by atomic mass is 10.0. The molecule has 1 aromatic heterocycles. The van der Waals surface area contributed by atoms with Gasteiger partial charge in [-0.15, -0.1) is 0 Å². The lowest BCUT2D eigenvalue weighted by Crippen LogP contribution is -2.08. The van der Waals surface area contributed by atoms with E-state index in [4.69, 9.17) is 5.73 Å². The van der Waals surface area contributed by atoms with Crippen molar-refractivity contribution in [3.63, 3.8) is 0 Å². The average Bonchev–Trinajstić information content (AvgIpc) is 2.78. The van der Waals surface area contributed by atoms with Crippen molar-refractivity contribution in [2.24, 2.45) is 11.7 Å². The zero-order chi connectivity index (χ0) is 13.0. The molecule has 0 radical (unpaired) electrons. The summed E-state index contributed by atoms with van der Waals surface area (Å²) in [4.78, 5) is 0. The van der Waals surface area contributed by atoms with Gasteiger partial charge in [0.15, 0.2) is 0 Å². The van der Waals surface area contributed by atoms with Gasteiger partial charge in [-0.1, -0.05) is 32.8 Å². The molecule has 2 nitrogen and oxygen atoms in total. The van der Waals surface area contributed by atoms with E-state index in [2.05, 4.69) is 48.9 Å². The Balaban J connectivity index is 2.25. The smallest absolute Gasteiger partial charge is 0.0480 e. The Kier molecular flexibility index (Phi) is 4.43. The number of rotatable bonds is 6. The lowest BCUT2D eigenvalue weighted by Gasteiger charge is -2.14. The summed E-state index contributed by atoms with van der Waals surface area (Å²) in [6, 6.07) is 8.94. The van der Waals surface area contributed by atoms with Crippen molar-refractivity contribution >= 4 is 10.9 Å². The van der Waals surface area contributed by atoms with Gasteiger partial charge in [0.2, 0.25) is 0 Å². The molecule has 2 heteroatoms. The zero-order valence-electron chi connectivity index (χ0n) is 11.5. The fourth-order valence-corrected chi connectivity index (χ4v) is 2.56. The van der Waals surface area contributed by atoms with Crippen molar-refractivity contribution < 1.29 is 0 Å². The molecular formula is C16H24N2. The van der Waals surface area contributed by atoms with E-state index in [-0.39, 0.29) is 0 Å². The summed E-state index contributed by atoms with van der Waals surface area (Å²) in [5.41, 5.74) is 8.29. The minimum Gasteiger partial charge on any atom is -0.347 e. The van der Waals surface area contributed by atoms with Gasteiger partial charge < -0.3 is 10.3 Å². The van der Waals surface area contributed by atoms with E-state index < -0.39 is 0 Å². The van der Waals surface area contributed by atoms with Crippen LogP contribution >= 0.6 is 0 Å². The molecule has 2 N–H and O–H groups in total. The normalized spacial score (nSPS) is 11.6. The highest BCUT2D eigenvalue weighted by Gasteiger charge is 2.07. The molecule has 2 aromatic rings. The van der Waals surface area contributed by atoms with Gasteiger partial charge in [-0.05, 0) is 48.0 Å². The minimum atomic E-state index is 0.722. The van der Waals surface area contributed by atoms with Gasteiger partial charge in [-0.2, -0.15) is 0 Å². The number of hydrogen-bond acceptors (Lipinski definition) is 1. The Labute approximate surface area is 110 Å². The molecule has 0 bridgehead atoms. The summed E-state index contributed by atoms with van der Waals surface area (Å²) in [5, 5.41) is 1.34. The van der Waals surface area contributed by atoms with Crippen LogP contribution in [0.2, 0.25) is 0 Å². The molecule has 0 spiro atoms. The summed E-state index contributed by atoms with van der Waals surface area (Å²) in [6.45, 7) is 6.41. The Hall–Kier alpha value is -1.28. The van der Waals surface area contributed by atoms with Gasteiger partial charge in [0.25, 0.3) is 0 Å². The number of fused-ring (bicyclic) bond motifs is 1. The van der Waals surface area contributed by atoms with E-state index in [1.165, 1.54) is 29.3 Å². The number of benzene rings is 1. The van der Waals surface area contributed by atoms with Gasteiger partial charge >= 0.3 is 0 Å². The van der Waals surface area contributed by atoms with E-state index in [0.717, 1.165) is 25.4 Å². The Morgan fingerprint density at radius 2 is 1.94 bits per heavy atom. The predicted octanol–water partition coefficient (Wildman–Crippen LogP) is 3.58. The maximum atomic E-state index is 5.61. The van der Waals surface area contributed by atoms with Gasteiger partial charge in [0.1, 0.15) is 0 Å². The van der Waals surface area contributed by atoms with Crippen LogP contribution in [0.15, 0.2) is 30.5 Å². The third kappa shape index (κ3) is 2.75. The lowest BCUT2D eigenvalue weighted by molar-refractivity contribution is 0.425. The summed E-state index contributed by atoms with van der Waals surface area (Å²) in [5.74, 6) is 0.782. The van der Waals surface area contributed by atoms with Crippen LogP contribution in [0.5, 0.6) is 0 Å². The van der Waals surface area contributed by atoms with Gasteiger partial charge in [0, 0.05) is 18.3 Å². The highest BCUT2D eigenvalue weighted by molar-refractivity contribution is 5.80. The summed E-state index contributed by atoms with van der Waals surface area (Å²) < 4.78 is 2.39. The van der Waals surface area contributed by atoms with Gasteiger partial charge in [0.05, 0.1) is 0 Å². The molecule has 1 aromatic carbocycles. The summed E-state index contributed by atoms with van der Waals surface area (Å²) >= 11 is 0. The second-order valence-corrected chi connectivity index (χ2v) is 5.08. The van der Waals surface area contributed by atoms with Crippen molar-refractivity contribution in [2.45, 2.75) is 39.7 Å². The highest BCUT2D eigenvalue weighted by atomic mass is 15.0. The van der Waals surface area contributed by atoms with Crippen LogP contribution in [0.25, 0.3) is 10.9 Å². The number of nitrogens with zero attached hydrogens (tertiary/aromatic N) is 1. The van der Waals surface area contributed by atoms with Crippen molar-refractivity contribution in [3.05, 3.63) is 36.0 Å². The summed E-state index contributed by atoms with van der Waals surface area (Å²) in [6.07, 6.45) is 5.69. The van der Waals surface area contributed by atoms with E-state index >= 15 is 0 Å². The van der Waals surface area contributed by atoms with E-state index in [1.807, 2.05) is 0 Å². The van der Waals surface area contributed by atoms with Crippen LogP contribution in [-0.2, 0) is 13.0 Å². The zero-order valence-corrected chi connectivity index (χ0v) is 11.5. The Morgan fingerprint density at radius 1 is 1.17 bits per heavy atom. The van der Waals surface area contributed by atoms with Crippen molar-refractivity contribution in [1.29, 1.82) is 0 Å². The van der Waals surface area contributed by atoms with Gasteiger partial charge in [-0.3, -0.25) is 0 Å². The van der Waals surface area contributed by atoms with E-state index in [1.54, 1.807) is 0 Å². The number of nitrogens with two attached hydrogens (primary N) is 1. The molecule has 0 saturated heterocycles. The van der Waals surface area contributed by atoms with Crippen LogP contribution in [0.1, 0.15) is 32.3 Å². The quantitative estimate of drug-likeness (QED) is 0.827. The number of aromatic nitrogens is 1. The first-order valence-electron chi connectivity index (χ1n) is 7.06. The predicted molar refractivity (Wildman–Crippen MR) is 78.8 cm³/mol. The molecule has 18 heavy (non-hydrogen) atoms. The second kappa shape index (κ2) is 6.05. The molecule has 0 fully saturated rings. The minimum absolute atomic E-state index is 0.722. The maximum Gasteiger partial charge on any atom is 0.0480 e. The van der Waals surface area contributed by atoms with Gasteiger partial charge in [-0.25, -0.2) is 0 Å². The standard InChI is InChI=1S/C16H24N2/c1-3-13(4-2)12-18-10-8-15-11-14(7-9-17)5-6-16(15)18/h5-6,8,10-11,13H,3-4,7,9,12,17H2,1-2H3. The van der Waals surface area contributed by atoms with Crippen molar-refractivity contribution in [2.75, 3.05) is 6.54 Å². The summed E-state index contributed by atoms with van der Waals surface area (Å²) in [7, 11) is 0. The monoisotopic (exact) mass is 244 g/mol. The van der Waals surface area contributed by atoms with Crippen LogP contribution in [0.4, 0.5) is 0 Å². The van der Waals surface area contributed by atoms with E-state index in [9.17, 15) is 0 Å². The van der Waals surface area contributed by atoms with Crippen LogP contribution in [-0.4, -0.2) is 11.1 Å². The maximum absolute atomic E-state index is 5.61. The topological polar surface area (TPSA) is 30.9 Å². The van der Waals surface area contributed by atoms with Crippen LogP contribution in [0.3, 0.4) is 0 Å². The Bertz CT molecular complexity index is 495. The molecular weight excluding hydrogens is 220 g/mol. The fraction of sp³-hybridized carbons (Fsp3) is 0.500. The van der Waals surface area contributed by atoms with Crippen LogP contribution < -0.4 is 5.73 Å². The van der Waals surface area contributed by atoms with Crippen molar-refractivity contribution in [1.82, 2.24) is 4.57 Å². The molecule has 0 saturated carbocycles. The molecule has 0 atom stereocenters. The third-order valence-corrected chi connectivity index (χ3v) is 3.88. The SMILES string of the molecule is CCC(CC)Cn1ccc2cc(CCN)ccc21. The fourth-order valence-electron chi connectivity index (χ4n) is 2.56. The molecule has 0 aliphatic heterocycles. The second-order valence-electron chi connectivity index (χ2n) is 5.08. The molecule has 0 unspecified atom stereocenters. The average molecular weight is 244 g/mol. The number of hydrogen-bond donors (Lipinski definition) is 1. The molecule has 98 valence electrons. The molecule has 2 rings (SSSR count). The first kappa shape index (κ1) is 13.2.